The minimum Gasteiger partial charge on any atom is -0.497 e. The summed E-state index contributed by atoms with van der Waals surface area (Å²) in [6, 6.07) is 8.39. The van der Waals surface area contributed by atoms with E-state index in [0.29, 0.717) is 23.9 Å². The van der Waals surface area contributed by atoms with Gasteiger partial charge in [0.05, 0.1) is 19.1 Å². The molecule has 1 aliphatic rings. The first-order valence-electron chi connectivity index (χ1n) is 10.1. The van der Waals surface area contributed by atoms with Gasteiger partial charge < -0.3 is 19.6 Å². The molecule has 1 heterocycles. The first-order valence-corrected chi connectivity index (χ1v) is 10.1. The number of aliphatic hydroxyl groups is 1. The zero-order chi connectivity index (χ0) is 22.8. The number of ether oxygens (including phenoxy) is 1. The summed E-state index contributed by atoms with van der Waals surface area (Å²) in [5.41, 5.74) is -0.665. The molecule has 3 rings (SSSR count). The third kappa shape index (κ3) is 5.54. The van der Waals surface area contributed by atoms with Crippen LogP contribution in [-0.4, -0.2) is 61.7 Å². The second-order valence-corrected chi connectivity index (χ2v) is 8.24. The van der Waals surface area contributed by atoms with E-state index in [2.05, 4.69) is 0 Å². The maximum Gasteiger partial charge on any atom is 0.227 e. The summed E-state index contributed by atoms with van der Waals surface area (Å²) < 4.78 is 45.9. The molecule has 9 heteroatoms. The maximum absolute atomic E-state index is 14.0. The Bertz CT molecular complexity index is 960. The molecule has 2 aromatic rings. The Kier molecular flexibility index (Phi) is 8.56. The number of nitrogens with zero attached hydrogens (tertiary/aromatic N) is 2. The number of halogens is 4. The number of carbonyl (C=O) groups excluding carboxylic acids is 1. The number of benzene rings is 2. The van der Waals surface area contributed by atoms with Gasteiger partial charge in [0.2, 0.25) is 5.91 Å². The van der Waals surface area contributed by atoms with Crippen LogP contribution in [0.1, 0.15) is 17.5 Å². The van der Waals surface area contributed by atoms with Crippen molar-refractivity contribution in [2.75, 3.05) is 40.8 Å². The van der Waals surface area contributed by atoms with Crippen molar-refractivity contribution in [1.82, 2.24) is 9.80 Å². The topological polar surface area (TPSA) is 53.0 Å². The Labute approximate surface area is 192 Å². The molecule has 32 heavy (non-hydrogen) atoms. The third-order valence-electron chi connectivity index (χ3n) is 5.82. The van der Waals surface area contributed by atoms with Crippen molar-refractivity contribution in [3.05, 3.63) is 65.0 Å². The van der Waals surface area contributed by atoms with Gasteiger partial charge in [-0.3, -0.25) is 4.79 Å². The SMILES string of the molecule is COc1cccc([C@]2(O)CCN(C(=O)Cc3cc(F)c(F)cc3F)C[C@H]2CN(C)C)c1.Cl. The minimum atomic E-state index is -1.29. The number of hydrogen-bond acceptors (Lipinski definition) is 4. The van der Waals surface area contributed by atoms with E-state index in [-0.39, 0.29) is 49.8 Å². The standard InChI is InChI=1S/C23H27F3N2O3.ClH/c1-27(2)13-17-14-28(22(29)10-15-9-20(25)21(26)12-19(15)24)8-7-23(17,30)16-5-4-6-18(11-16)31-3;/h4-6,9,11-12,17,30H,7-8,10,13-14H2,1-3H3;1H/t17-,23-;/m1./s1. The maximum atomic E-state index is 14.0. The van der Waals surface area contributed by atoms with Crippen LogP contribution in [0.25, 0.3) is 0 Å². The lowest BCUT2D eigenvalue weighted by Crippen LogP contribution is -2.54. The van der Waals surface area contributed by atoms with Crippen molar-refractivity contribution < 1.29 is 27.8 Å². The van der Waals surface area contributed by atoms with Gasteiger partial charge in [0.1, 0.15) is 11.6 Å². The summed E-state index contributed by atoms with van der Waals surface area (Å²) in [5.74, 6) is -3.53. The molecule has 0 aliphatic carbocycles. The Morgan fingerprint density at radius 3 is 2.53 bits per heavy atom. The lowest BCUT2D eigenvalue weighted by molar-refractivity contribution is -0.141. The van der Waals surface area contributed by atoms with Gasteiger partial charge >= 0.3 is 0 Å². The number of likely N-dealkylation sites (tertiary alicyclic amines) is 1. The van der Waals surface area contributed by atoms with E-state index < -0.39 is 29.0 Å². The van der Waals surface area contributed by atoms with Crippen LogP contribution in [-0.2, 0) is 16.8 Å². The predicted molar refractivity (Wildman–Crippen MR) is 117 cm³/mol. The summed E-state index contributed by atoms with van der Waals surface area (Å²) in [4.78, 5) is 16.3. The molecule has 0 radical (unpaired) electrons. The van der Waals surface area contributed by atoms with E-state index >= 15 is 0 Å². The molecule has 1 fully saturated rings. The highest BCUT2D eigenvalue weighted by Crippen LogP contribution is 2.39. The highest BCUT2D eigenvalue weighted by atomic mass is 35.5. The van der Waals surface area contributed by atoms with Crippen molar-refractivity contribution >= 4 is 18.3 Å². The first-order chi connectivity index (χ1) is 14.6. The molecule has 0 spiro atoms. The van der Waals surface area contributed by atoms with Crippen molar-refractivity contribution in [2.24, 2.45) is 5.92 Å². The van der Waals surface area contributed by atoms with Crippen LogP contribution in [0.15, 0.2) is 36.4 Å². The van der Waals surface area contributed by atoms with E-state index in [4.69, 9.17) is 4.74 Å². The number of piperidine rings is 1. The number of rotatable bonds is 6. The summed E-state index contributed by atoms with van der Waals surface area (Å²) in [6.45, 7) is 1.01. The normalized spacial score (nSPS) is 20.8. The molecule has 2 atom stereocenters. The first kappa shape index (κ1) is 26.0. The Morgan fingerprint density at radius 2 is 1.88 bits per heavy atom. The largest absolute Gasteiger partial charge is 0.497 e. The fourth-order valence-electron chi connectivity index (χ4n) is 4.14. The van der Waals surface area contributed by atoms with Crippen molar-refractivity contribution in [1.29, 1.82) is 0 Å². The quantitative estimate of drug-likeness (QED) is 0.655. The molecule has 1 saturated heterocycles. The second-order valence-electron chi connectivity index (χ2n) is 8.24. The van der Waals surface area contributed by atoms with Crippen molar-refractivity contribution in [3.63, 3.8) is 0 Å². The second kappa shape index (κ2) is 10.6. The minimum absolute atomic E-state index is 0. The van der Waals surface area contributed by atoms with E-state index in [1.54, 1.807) is 24.1 Å². The number of methoxy groups -OCH3 is 1. The molecule has 1 aliphatic heterocycles. The zero-order valence-corrected chi connectivity index (χ0v) is 19.1. The van der Waals surface area contributed by atoms with E-state index in [9.17, 15) is 23.1 Å². The van der Waals surface area contributed by atoms with Crippen LogP contribution in [0.5, 0.6) is 5.75 Å². The highest BCUT2D eigenvalue weighted by molar-refractivity contribution is 5.85. The molecule has 176 valence electrons. The fourth-order valence-corrected chi connectivity index (χ4v) is 4.14. The van der Waals surface area contributed by atoms with Crippen LogP contribution in [0.3, 0.4) is 0 Å². The average Bonchev–Trinajstić information content (AvgIpc) is 2.73. The van der Waals surface area contributed by atoms with Gasteiger partial charge in [0.25, 0.3) is 0 Å². The molecule has 1 N–H and O–H groups in total. The zero-order valence-electron chi connectivity index (χ0n) is 18.3. The molecule has 2 aromatic carbocycles. The smallest absolute Gasteiger partial charge is 0.227 e. The van der Waals surface area contributed by atoms with Gasteiger partial charge in [-0.05, 0) is 44.3 Å². The third-order valence-corrected chi connectivity index (χ3v) is 5.82. The monoisotopic (exact) mass is 472 g/mol. The van der Waals surface area contributed by atoms with Gasteiger partial charge in [-0.2, -0.15) is 0 Å². The van der Waals surface area contributed by atoms with Crippen LogP contribution in [0.4, 0.5) is 13.2 Å². The number of carbonyl (C=O) groups is 1. The lowest BCUT2D eigenvalue weighted by Gasteiger charge is -2.46. The molecule has 0 unspecified atom stereocenters. The molecule has 0 saturated carbocycles. The predicted octanol–water partition coefficient (Wildman–Crippen LogP) is 3.37. The van der Waals surface area contributed by atoms with E-state index in [0.717, 1.165) is 6.07 Å². The van der Waals surface area contributed by atoms with Crippen molar-refractivity contribution in [2.45, 2.75) is 18.4 Å². The summed E-state index contributed by atoms with van der Waals surface area (Å²) in [6.07, 6.45) is -0.0972. The fraction of sp³-hybridized carbons (Fsp3) is 0.435. The summed E-state index contributed by atoms with van der Waals surface area (Å²) in [7, 11) is 5.31. The number of hydrogen-bond donors (Lipinski definition) is 1. The summed E-state index contributed by atoms with van der Waals surface area (Å²) >= 11 is 0. The van der Waals surface area contributed by atoms with Gasteiger partial charge in [-0.25, -0.2) is 13.2 Å². The van der Waals surface area contributed by atoms with Gasteiger partial charge in [0.15, 0.2) is 11.6 Å². The van der Waals surface area contributed by atoms with Gasteiger partial charge in [0, 0.05) is 37.2 Å². The van der Waals surface area contributed by atoms with Crippen LogP contribution >= 0.6 is 12.4 Å². The van der Waals surface area contributed by atoms with Crippen LogP contribution in [0.2, 0.25) is 0 Å². The Morgan fingerprint density at radius 1 is 1.19 bits per heavy atom. The molecule has 0 bridgehead atoms. The van der Waals surface area contributed by atoms with Crippen molar-refractivity contribution in [3.8, 4) is 5.75 Å². The lowest BCUT2D eigenvalue weighted by atomic mass is 9.75. The average molecular weight is 473 g/mol. The molecular weight excluding hydrogens is 445 g/mol. The molecule has 1 amide bonds. The van der Waals surface area contributed by atoms with Crippen LogP contribution in [0, 0.1) is 23.4 Å². The molecule has 0 aromatic heterocycles. The molecular formula is C23H28ClF3N2O3. The van der Waals surface area contributed by atoms with Crippen LogP contribution < -0.4 is 4.74 Å². The van der Waals surface area contributed by atoms with E-state index in [1.165, 1.54) is 0 Å². The van der Waals surface area contributed by atoms with E-state index in [1.807, 2.05) is 31.1 Å². The highest BCUT2D eigenvalue weighted by Gasteiger charge is 2.44. The van der Waals surface area contributed by atoms with Gasteiger partial charge in [-0.1, -0.05) is 12.1 Å². The number of amides is 1. The Hall–Kier alpha value is -2.29. The summed E-state index contributed by atoms with van der Waals surface area (Å²) in [5, 5.41) is 11.6. The van der Waals surface area contributed by atoms with Gasteiger partial charge in [-0.15, -0.1) is 12.4 Å². The Balaban J connectivity index is 0.00000363. The molecule has 5 nitrogen and oxygen atoms in total.